The Hall–Kier alpha value is -1.30. The van der Waals surface area contributed by atoms with E-state index in [1.807, 2.05) is 0 Å². The van der Waals surface area contributed by atoms with E-state index in [9.17, 15) is 0 Å². The van der Waals surface area contributed by atoms with Crippen molar-refractivity contribution in [3.05, 3.63) is 44.5 Å². The minimum Gasteiger partial charge on any atom is -0.0561 e. The molecule has 0 unspecified atom stereocenters. The Bertz CT molecular complexity index is 747. The van der Waals surface area contributed by atoms with Gasteiger partial charge in [-0.15, -0.1) is 0 Å². The predicted octanol–water partition coefficient (Wildman–Crippen LogP) is 7.29. The fourth-order valence-corrected chi connectivity index (χ4v) is 5.12. The summed E-state index contributed by atoms with van der Waals surface area (Å²) in [6, 6.07) is 0. The first-order valence-electron chi connectivity index (χ1n) is 9.25. The first-order valence-corrected chi connectivity index (χ1v) is 9.25. The molecule has 2 aromatic rings. The second-order valence-corrected chi connectivity index (χ2v) is 9.75. The van der Waals surface area contributed by atoms with Crippen LogP contribution < -0.4 is 0 Å². The van der Waals surface area contributed by atoms with Crippen molar-refractivity contribution in [2.45, 2.75) is 93.9 Å². The molecule has 0 aliphatic rings. The monoisotopic (exact) mass is 324 g/mol. The summed E-state index contributed by atoms with van der Waals surface area (Å²) in [7, 11) is 0. The molecule has 0 saturated heterocycles. The fraction of sp³-hybridized carbons (Fsp3) is 0.583. The van der Waals surface area contributed by atoms with Crippen molar-refractivity contribution in [1.82, 2.24) is 0 Å². The van der Waals surface area contributed by atoms with Gasteiger partial charge in [0, 0.05) is 0 Å². The quantitative estimate of drug-likeness (QED) is 0.477. The molecule has 0 aromatic heterocycles. The average Bonchev–Trinajstić information content (AvgIpc) is 2.37. The summed E-state index contributed by atoms with van der Waals surface area (Å²) in [5, 5.41) is 2.98. The molecule has 0 aliphatic carbocycles. The van der Waals surface area contributed by atoms with E-state index in [0.29, 0.717) is 0 Å². The third kappa shape index (κ3) is 2.68. The molecular formula is C24H36. The van der Waals surface area contributed by atoms with Crippen LogP contribution in [0.4, 0.5) is 0 Å². The van der Waals surface area contributed by atoms with E-state index in [4.69, 9.17) is 0 Å². The standard InChI is InChI=1S/C24H36/c1-13-15(3)21(23(7,8)9)18(6)20-14(2)16(4)22(24(10,11)12)17(5)19(13)20/h1-12H3. The van der Waals surface area contributed by atoms with E-state index in [2.05, 4.69) is 83.1 Å². The van der Waals surface area contributed by atoms with E-state index in [-0.39, 0.29) is 10.8 Å². The SMILES string of the molecule is Cc1c(C(C)(C)C)c(C)c2c(C)c(C)c(C(C)(C)C)c(C)c2c1C. The average molecular weight is 325 g/mol. The normalized spacial score (nSPS) is 13.0. The van der Waals surface area contributed by atoms with Crippen LogP contribution in [-0.4, -0.2) is 0 Å². The van der Waals surface area contributed by atoms with Crippen LogP contribution in [-0.2, 0) is 10.8 Å². The number of benzene rings is 2. The molecule has 0 atom stereocenters. The third-order valence-corrected chi connectivity index (χ3v) is 5.88. The lowest BCUT2D eigenvalue weighted by atomic mass is 9.72. The van der Waals surface area contributed by atoms with Gasteiger partial charge in [0.1, 0.15) is 0 Å². The lowest BCUT2D eigenvalue weighted by Gasteiger charge is -2.32. The van der Waals surface area contributed by atoms with Gasteiger partial charge in [0.15, 0.2) is 0 Å². The number of hydrogen-bond donors (Lipinski definition) is 0. The molecule has 0 heterocycles. The molecular weight excluding hydrogens is 288 g/mol. The second kappa shape index (κ2) is 5.61. The molecule has 0 radical (unpaired) electrons. The lowest BCUT2D eigenvalue weighted by molar-refractivity contribution is 0.579. The van der Waals surface area contributed by atoms with Crippen molar-refractivity contribution in [3.8, 4) is 0 Å². The molecule has 0 nitrogen and oxygen atoms in total. The second-order valence-electron chi connectivity index (χ2n) is 9.75. The van der Waals surface area contributed by atoms with E-state index >= 15 is 0 Å². The Labute approximate surface area is 149 Å². The van der Waals surface area contributed by atoms with Gasteiger partial charge in [-0.3, -0.25) is 0 Å². The van der Waals surface area contributed by atoms with Gasteiger partial charge >= 0.3 is 0 Å². The van der Waals surface area contributed by atoms with E-state index < -0.39 is 0 Å². The van der Waals surface area contributed by atoms with Crippen molar-refractivity contribution < 1.29 is 0 Å². The van der Waals surface area contributed by atoms with Crippen LogP contribution in [0.1, 0.15) is 86.1 Å². The molecule has 0 aliphatic heterocycles. The highest BCUT2D eigenvalue weighted by atomic mass is 14.3. The molecule has 0 spiro atoms. The zero-order chi connectivity index (χ0) is 18.8. The van der Waals surface area contributed by atoms with Gasteiger partial charge in [0.25, 0.3) is 0 Å². The maximum Gasteiger partial charge on any atom is -0.0114 e. The van der Waals surface area contributed by atoms with Crippen LogP contribution in [0.15, 0.2) is 0 Å². The highest BCUT2D eigenvalue weighted by Crippen LogP contribution is 2.43. The first-order chi connectivity index (χ1) is 10.7. The minimum absolute atomic E-state index is 0.171. The van der Waals surface area contributed by atoms with Crippen LogP contribution in [0, 0.1) is 41.5 Å². The fourth-order valence-electron chi connectivity index (χ4n) is 5.12. The maximum atomic E-state index is 2.34. The van der Waals surface area contributed by atoms with Gasteiger partial charge in [0.2, 0.25) is 0 Å². The molecule has 24 heavy (non-hydrogen) atoms. The summed E-state index contributed by atoms with van der Waals surface area (Å²) in [5.74, 6) is 0. The van der Waals surface area contributed by atoms with Gasteiger partial charge in [-0.1, -0.05) is 41.5 Å². The predicted molar refractivity (Wildman–Crippen MR) is 110 cm³/mol. The van der Waals surface area contributed by atoms with Crippen molar-refractivity contribution in [1.29, 1.82) is 0 Å². The molecule has 2 aromatic carbocycles. The largest absolute Gasteiger partial charge is 0.0561 e. The molecule has 0 amide bonds. The summed E-state index contributed by atoms with van der Waals surface area (Å²) in [6.45, 7) is 28.0. The summed E-state index contributed by atoms with van der Waals surface area (Å²) in [6.07, 6.45) is 0. The van der Waals surface area contributed by atoms with Crippen molar-refractivity contribution in [3.63, 3.8) is 0 Å². The van der Waals surface area contributed by atoms with Crippen molar-refractivity contribution in [2.75, 3.05) is 0 Å². The van der Waals surface area contributed by atoms with Crippen LogP contribution in [0.5, 0.6) is 0 Å². The Kier molecular flexibility index (Phi) is 4.45. The number of fused-ring (bicyclic) bond motifs is 1. The zero-order valence-corrected chi connectivity index (χ0v) is 18.0. The van der Waals surface area contributed by atoms with Crippen LogP contribution >= 0.6 is 0 Å². The van der Waals surface area contributed by atoms with Crippen LogP contribution in [0.2, 0.25) is 0 Å². The van der Waals surface area contributed by atoms with Gasteiger partial charge in [-0.2, -0.15) is 0 Å². The summed E-state index contributed by atoms with van der Waals surface area (Å²) >= 11 is 0. The number of rotatable bonds is 0. The summed E-state index contributed by atoms with van der Waals surface area (Å²) in [4.78, 5) is 0. The highest BCUT2D eigenvalue weighted by molar-refractivity contribution is 5.97. The van der Waals surface area contributed by atoms with E-state index in [0.717, 1.165) is 0 Å². The Morgan fingerprint density at radius 2 is 0.625 bits per heavy atom. The molecule has 132 valence electrons. The molecule has 0 saturated carbocycles. The van der Waals surface area contributed by atoms with Crippen LogP contribution in [0.3, 0.4) is 0 Å². The highest BCUT2D eigenvalue weighted by Gasteiger charge is 2.28. The van der Waals surface area contributed by atoms with Crippen LogP contribution in [0.25, 0.3) is 10.8 Å². The molecule has 0 heteroatoms. The zero-order valence-electron chi connectivity index (χ0n) is 18.0. The minimum atomic E-state index is 0.171. The number of hydrogen-bond acceptors (Lipinski definition) is 0. The van der Waals surface area contributed by atoms with Crippen molar-refractivity contribution in [2.24, 2.45) is 0 Å². The number of aryl methyl sites for hydroxylation is 4. The van der Waals surface area contributed by atoms with Crippen molar-refractivity contribution >= 4 is 10.8 Å². The smallest absolute Gasteiger partial charge is 0.0114 e. The summed E-state index contributed by atoms with van der Waals surface area (Å²) in [5.41, 5.74) is 12.2. The first kappa shape index (κ1) is 19.0. The van der Waals surface area contributed by atoms with Gasteiger partial charge in [-0.05, 0) is 108 Å². The molecule has 0 N–H and O–H groups in total. The molecule has 0 fully saturated rings. The van der Waals surface area contributed by atoms with Gasteiger partial charge in [-0.25, -0.2) is 0 Å². The Balaban J connectivity index is 3.20. The Morgan fingerprint density at radius 1 is 0.375 bits per heavy atom. The van der Waals surface area contributed by atoms with Gasteiger partial charge < -0.3 is 0 Å². The van der Waals surface area contributed by atoms with Gasteiger partial charge in [0.05, 0.1) is 0 Å². The Morgan fingerprint density at radius 3 is 0.833 bits per heavy atom. The topological polar surface area (TPSA) is 0 Å². The molecule has 2 rings (SSSR count). The lowest BCUT2D eigenvalue weighted by Crippen LogP contribution is -2.19. The summed E-state index contributed by atoms with van der Waals surface area (Å²) < 4.78 is 0. The van der Waals surface area contributed by atoms with E-state index in [1.165, 1.54) is 55.3 Å². The molecule has 0 bridgehead atoms. The third-order valence-electron chi connectivity index (χ3n) is 5.88. The maximum absolute atomic E-state index is 2.34. The van der Waals surface area contributed by atoms with E-state index in [1.54, 1.807) is 0 Å².